The smallest absolute Gasteiger partial charge is 0.408 e. The number of carbonyl (C=O) groups is 1. The summed E-state index contributed by atoms with van der Waals surface area (Å²) < 4.78 is 17.7. The minimum absolute atomic E-state index is 0.0624. The Balaban J connectivity index is 1.38. The standard InChI is InChI=1S/C25H28N4O5/c1-29-21-12-18(7-8-22(21)34-25(29)31)17-5-3-16(4-6-17)11-19(13-26)28-24(30)23-15-27-14-20(32-2)9-10-33-23/h3-8,12,19-20,23,27H,9-11,14-15H2,1-2H3,(H,28,30). The fourth-order valence-corrected chi connectivity index (χ4v) is 4.02. The zero-order valence-corrected chi connectivity index (χ0v) is 19.2. The summed E-state index contributed by atoms with van der Waals surface area (Å²) in [6.07, 6.45) is 0.492. The van der Waals surface area contributed by atoms with Gasteiger partial charge in [0.25, 0.3) is 5.91 Å². The van der Waals surface area contributed by atoms with Crippen LogP contribution in [-0.2, 0) is 27.7 Å². The molecule has 2 N–H and O–H groups in total. The molecule has 1 aliphatic heterocycles. The SMILES string of the molecule is COC1CCOC(C(=O)NC(C#N)Cc2ccc(-c3ccc4oc(=O)n(C)c4c3)cc2)CNC1. The van der Waals surface area contributed by atoms with Crippen LogP contribution in [0.3, 0.4) is 0 Å². The molecule has 2 aromatic carbocycles. The number of fused-ring (bicyclic) bond motifs is 1. The van der Waals surface area contributed by atoms with Crippen molar-refractivity contribution in [2.75, 3.05) is 26.8 Å². The van der Waals surface area contributed by atoms with Crippen molar-refractivity contribution in [3.8, 4) is 17.2 Å². The number of benzene rings is 2. The fourth-order valence-electron chi connectivity index (χ4n) is 4.02. The summed E-state index contributed by atoms with van der Waals surface area (Å²) in [7, 11) is 3.33. The third-order valence-corrected chi connectivity index (χ3v) is 6.08. The molecule has 3 unspecified atom stereocenters. The first-order valence-corrected chi connectivity index (χ1v) is 11.2. The molecular formula is C25H28N4O5. The van der Waals surface area contributed by atoms with Crippen LogP contribution in [0.1, 0.15) is 12.0 Å². The Kier molecular flexibility index (Phi) is 7.43. The average molecular weight is 465 g/mol. The quantitative estimate of drug-likeness (QED) is 0.570. The van der Waals surface area contributed by atoms with E-state index in [9.17, 15) is 14.9 Å². The highest BCUT2D eigenvalue weighted by molar-refractivity contribution is 5.82. The van der Waals surface area contributed by atoms with E-state index in [1.165, 1.54) is 4.57 Å². The van der Waals surface area contributed by atoms with Gasteiger partial charge in [-0.2, -0.15) is 5.26 Å². The van der Waals surface area contributed by atoms with Crippen LogP contribution in [0.2, 0.25) is 0 Å². The normalized spacial score (nSPS) is 19.7. The third-order valence-electron chi connectivity index (χ3n) is 6.08. The molecule has 34 heavy (non-hydrogen) atoms. The molecule has 0 spiro atoms. The number of nitrogens with zero attached hydrogens (tertiary/aromatic N) is 2. The molecule has 3 atom stereocenters. The first-order chi connectivity index (χ1) is 16.5. The summed E-state index contributed by atoms with van der Waals surface area (Å²) in [4.78, 5) is 24.4. The molecule has 0 saturated carbocycles. The second kappa shape index (κ2) is 10.7. The van der Waals surface area contributed by atoms with Crippen molar-refractivity contribution in [3.63, 3.8) is 0 Å². The van der Waals surface area contributed by atoms with Crippen molar-refractivity contribution >= 4 is 17.0 Å². The van der Waals surface area contributed by atoms with Gasteiger partial charge in [-0.1, -0.05) is 30.3 Å². The van der Waals surface area contributed by atoms with Crippen molar-refractivity contribution in [3.05, 3.63) is 58.6 Å². The van der Waals surface area contributed by atoms with E-state index in [2.05, 4.69) is 16.7 Å². The summed E-state index contributed by atoms with van der Waals surface area (Å²) in [5.41, 5.74) is 4.11. The van der Waals surface area contributed by atoms with Crippen molar-refractivity contribution in [1.82, 2.24) is 15.2 Å². The van der Waals surface area contributed by atoms with Crippen molar-refractivity contribution in [2.24, 2.45) is 7.05 Å². The number of aryl methyl sites for hydroxylation is 1. The van der Waals surface area contributed by atoms with Crippen LogP contribution in [0.4, 0.5) is 0 Å². The molecule has 0 radical (unpaired) electrons. The number of rotatable bonds is 6. The Morgan fingerprint density at radius 1 is 1.26 bits per heavy atom. The van der Waals surface area contributed by atoms with Gasteiger partial charge >= 0.3 is 5.76 Å². The largest absolute Gasteiger partial charge is 0.419 e. The highest BCUT2D eigenvalue weighted by Gasteiger charge is 2.24. The summed E-state index contributed by atoms with van der Waals surface area (Å²) in [6.45, 7) is 1.45. The highest BCUT2D eigenvalue weighted by Crippen LogP contribution is 2.24. The molecule has 1 fully saturated rings. The molecule has 4 rings (SSSR count). The topological polar surface area (TPSA) is 119 Å². The molecule has 1 aliphatic rings. The van der Waals surface area contributed by atoms with E-state index in [1.807, 2.05) is 36.4 Å². The number of nitrogens with one attached hydrogen (secondary N) is 2. The molecule has 0 bridgehead atoms. The number of hydrogen-bond acceptors (Lipinski definition) is 7. The Labute approximate surface area is 197 Å². The molecular weight excluding hydrogens is 436 g/mol. The maximum atomic E-state index is 12.7. The van der Waals surface area contributed by atoms with E-state index in [4.69, 9.17) is 13.9 Å². The molecule has 3 aromatic rings. The maximum Gasteiger partial charge on any atom is 0.419 e. The maximum absolute atomic E-state index is 12.7. The lowest BCUT2D eigenvalue weighted by molar-refractivity contribution is -0.134. The number of hydrogen-bond donors (Lipinski definition) is 2. The van der Waals surface area contributed by atoms with Gasteiger partial charge in [-0.25, -0.2) is 4.79 Å². The lowest BCUT2D eigenvalue weighted by atomic mass is 10.0. The second-order valence-electron chi connectivity index (χ2n) is 8.36. The van der Waals surface area contributed by atoms with Crippen molar-refractivity contribution in [1.29, 1.82) is 5.26 Å². The number of carbonyl (C=O) groups excluding carboxylic acids is 1. The predicted molar refractivity (Wildman–Crippen MR) is 126 cm³/mol. The number of amides is 1. The Morgan fingerprint density at radius 3 is 2.76 bits per heavy atom. The van der Waals surface area contributed by atoms with Gasteiger partial charge in [-0.3, -0.25) is 9.36 Å². The van der Waals surface area contributed by atoms with Gasteiger partial charge in [-0.05, 0) is 35.2 Å². The molecule has 0 aliphatic carbocycles. The fraction of sp³-hybridized carbons (Fsp3) is 0.400. The van der Waals surface area contributed by atoms with Crippen LogP contribution < -0.4 is 16.4 Å². The van der Waals surface area contributed by atoms with Gasteiger partial charge in [0.15, 0.2) is 5.58 Å². The number of methoxy groups -OCH3 is 1. The molecule has 1 aromatic heterocycles. The van der Waals surface area contributed by atoms with Gasteiger partial charge in [-0.15, -0.1) is 0 Å². The minimum atomic E-state index is -0.670. The van der Waals surface area contributed by atoms with Crippen molar-refractivity contribution < 1.29 is 18.7 Å². The first-order valence-electron chi connectivity index (χ1n) is 11.2. The van der Waals surface area contributed by atoms with Crippen LogP contribution >= 0.6 is 0 Å². The highest BCUT2D eigenvalue weighted by atomic mass is 16.5. The molecule has 1 saturated heterocycles. The Morgan fingerprint density at radius 2 is 2.03 bits per heavy atom. The van der Waals surface area contributed by atoms with Crippen LogP contribution in [0.5, 0.6) is 0 Å². The molecule has 9 heteroatoms. The van der Waals surface area contributed by atoms with E-state index < -0.39 is 17.9 Å². The zero-order chi connectivity index (χ0) is 24.1. The van der Waals surface area contributed by atoms with E-state index in [0.717, 1.165) is 22.2 Å². The summed E-state index contributed by atoms with van der Waals surface area (Å²) in [5.74, 6) is -0.697. The average Bonchev–Trinajstić information content (AvgIpc) is 3.12. The van der Waals surface area contributed by atoms with Crippen LogP contribution in [0.15, 0.2) is 51.7 Å². The monoisotopic (exact) mass is 464 g/mol. The van der Waals surface area contributed by atoms with Crippen LogP contribution in [0.25, 0.3) is 22.2 Å². The lowest BCUT2D eigenvalue weighted by Gasteiger charge is -2.25. The zero-order valence-electron chi connectivity index (χ0n) is 19.2. The summed E-state index contributed by atoms with van der Waals surface area (Å²) >= 11 is 0. The van der Waals surface area contributed by atoms with E-state index in [-0.39, 0.29) is 12.0 Å². The molecule has 2 heterocycles. The Hall–Kier alpha value is -3.45. The van der Waals surface area contributed by atoms with Gasteiger partial charge in [0.05, 0.1) is 24.3 Å². The summed E-state index contributed by atoms with van der Waals surface area (Å²) in [5, 5.41) is 15.6. The van der Waals surface area contributed by atoms with Gasteiger partial charge in [0.2, 0.25) is 0 Å². The third kappa shape index (κ3) is 5.37. The summed E-state index contributed by atoms with van der Waals surface area (Å²) in [6, 6.07) is 14.9. The van der Waals surface area contributed by atoms with Gasteiger partial charge < -0.3 is 24.5 Å². The molecule has 1 amide bonds. The van der Waals surface area contributed by atoms with Crippen LogP contribution in [0, 0.1) is 11.3 Å². The molecule has 178 valence electrons. The minimum Gasteiger partial charge on any atom is -0.408 e. The molecule has 9 nitrogen and oxygen atoms in total. The van der Waals surface area contributed by atoms with Crippen LogP contribution in [-0.4, -0.2) is 55.5 Å². The van der Waals surface area contributed by atoms with E-state index in [0.29, 0.717) is 38.1 Å². The van der Waals surface area contributed by atoms with Gasteiger partial charge in [0.1, 0.15) is 12.1 Å². The number of aromatic nitrogens is 1. The van der Waals surface area contributed by atoms with Gasteiger partial charge in [0, 0.05) is 33.7 Å². The number of nitriles is 1. The number of oxazole rings is 1. The van der Waals surface area contributed by atoms with E-state index >= 15 is 0 Å². The second-order valence-corrected chi connectivity index (χ2v) is 8.36. The van der Waals surface area contributed by atoms with E-state index in [1.54, 1.807) is 20.2 Å². The predicted octanol–water partition coefficient (Wildman–Crippen LogP) is 1.74. The Bertz CT molecular complexity index is 1230. The number of ether oxygens (including phenoxy) is 2. The van der Waals surface area contributed by atoms with Crippen molar-refractivity contribution in [2.45, 2.75) is 31.1 Å². The first kappa shape index (κ1) is 23.7. The lowest BCUT2D eigenvalue weighted by Crippen LogP contribution is -2.49.